The quantitative estimate of drug-likeness (QED) is 0.576. The van der Waals surface area contributed by atoms with Crippen molar-refractivity contribution in [3.63, 3.8) is 0 Å². The van der Waals surface area contributed by atoms with Crippen LogP contribution in [0.3, 0.4) is 0 Å². The Bertz CT molecular complexity index is 111. The molecular formula is C11H20Co. The maximum absolute atomic E-state index is 3.36. The first-order valence-electron chi connectivity index (χ1n) is 4.36. The Morgan fingerprint density at radius 1 is 1.00 bits per heavy atom. The Morgan fingerprint density at radius 3 is 1.42 bits per heavy atom. The number of rotatable bonds is 1. The van der Waals surface area contributed by atoms with Gasteiger partial charge in [-0.1, -0.05) is 52.0 Å². The molecule has 0 atom stereocenters. The van der Waals surface area contributed by atoms with Crippen molar-refractivity contribution in [2.45, 2.75) is 39.5 Å². The van der Waals surface area contributed by atoms with Crippen molar-refractivity contribution < 1.29 is 16.8 Å². The first-order chi connectivity index (χ1) is 5.12. The van der Waals surface area contributed by atoms with Gasteiger partial charge in [0.15, 0.2) is 0 Å². The van der Waals surface area contributed by atoms with E-state index in [0.29, 0.717) is 5.41 Å². The molecule has 0 N–H and O–H groups in total. The van der Waals surface area contributed by atoms with Gasteiger partial charge in [0.25, 0.3) is 0 Å². The molecule has 0 unspecified atom stereocenters. The van der Waals surface area contributed by atoms with Crippen LogP contribution in [0, 0.1) is 5.41 Å². The van der Waals surface area contributed by atoms with Crippen LogP contribution in [-0.4, -0.2) is 0 Å². The SMILES string of the molecule is C=CC=C.CC1(C)CCCC1.[Co]. The molecule has 0 spiro atoms. The van der Waals surface area contributed by atoms with Gasteiger partial charge in [0, 0.05) is 16.8 Å². The molecule has 12 heavy (non-hydrogen) atoms. The van der Waals surface area contributed by atoms with Crippen LogP contribution in [0.1, 0.15) is 39.5 Å². The molecule has 0 saturated heterocycles. The molecule has 0 nitrogen and oxygen atoms in total. The summed E-state index contributed by atoms with van der Waals surface area (Å²) in [5.41, 5.74) is 0.694. The molecule has 1 aliphatic carbocycles. The summed E-state index contributed by atoms with van der Waals surface area (Å²) in [5.74, 6) is 0. The summed E-state index contributed by atoms with van der Waals surface area (Å²) >= 11 is 0. The third-order valence-corrected chi connectivity index (χ3v) is 2.12. The minimum atomic E-state index is 0. The average molecular weight is 211 g/mol. The molecule has 0 aliphatic heterocycles. The van der Waals surface area contributed by atoms with Crippen molar-refractivity contribution in [3.05, 3.63) is 25.3 Å². The molecule has 0 aromatic rings. The average Bonchev–Trinajstić information content (AvgIpc) is 2.35. The second-order valence-corrected chi connectivity index (χ2v) is 3.84. The van der Waals surface area contributed by atoms with E-state index in [1.807, 2.05) is 0 Å². The fraction of sp³-hybridized carbons (Fsp3) is 0.636. The molecule has 1 rings (SSSR count). The molecule has 1 aliphatic rings. The third-order valence-electron chi connectivity index (χ3n) is 2.12. The third kappa shape index (κ3) is 8.09. The van der Waals surface area contributed by atoms with E-state index in [1.165, 1.54) is 25.7 Å². The van der Waals surface area contributed by atoms with E-state index in [1.54, 1.807) is 12.2 Å². The second-order valence-electron chi connectivity index (χ2n) is 3.84. The van der Waals surface area contributed by atoms with Gasteiger partial charge in [-0.05, 0) is 18.3 Å². The molecule has 1 fully saturated rings. The fourth-order valence-corrected chi connectivity index (χ4v) is 1.33. The van der Waals surface area contributed by atoms with Crippen molar-refractivity contribution >= 4 is 0 Å². The normalized spacial score (nSPS) is 18.2. The first kappa shape index (κ1) is 14.5. The number of hydrogen-bond donors (Lipinski definition) is 0. The van der Waals surface area contributed by atoms with Gasteiger partial charge in [-0.3, -0.25) is 0 Å². The topological polar surface area (TPSA) is 0 Å². The zero-order chi connectivity index (χ0) is 8.74. The summed E-state index contributed by atoms with van der Waals surface area (Å²) in [6.45, 7) is 11.4. The van der Waals surface area contributed by atoms with E-state index < -0.39 is 0 Å². The van der Waals surface area contributed by atoms with E-state index in [0.717, 1.165) is 0 Å². The van der Waals surface area contributed by atoms with Gasteiger partial charge in [0.1, 0.15) is 0 Å². The van der Waals surface area contributed by atoms with Crippen molar-refractivity contribution in [2.24, 2.45) is 5.41 Å². The summed E-state index contributed by atoms with van der Waals surface area (Å²) in [5, 5.41) is 0. The van der Waals surface area contributed by atoms with Crippen LogP contribution < -0.4 is 0 Å². The zero-order valence-electron chi connectivity index (χ0n) is 8.23. The minimum absolute atomic E-state index is 0. The minimum Gasteiger partial charge on any atom is -0.0991 e. The Labute approximate surface area is 87.3 Å². The molecule has 1 saturated carbocycles. The van der Waals surface area contributed by atoms with Gasteiger partial charge in [-0.25, -0.2) is 0 Å². The molecule has 0 aromatic carbocycles. The summed E-state index contributed by atoms with van der Waals surface area (Å²) in [6.07, 6.45) is 9.11. The zero-order valence-corrected chi connectivity index (χ0v) is 9.27. The van der Waals surface area contributed by atoms with Crippen LogP contribution >= 0.6 is 0 Å². The van der Waals surface area contributed by atoms with Crippen molar-refractivity contribution in [1.29, 1.82) is 0 Å². The van der Waals surface area contributed by atoms with E-state index in [9.17, 15) is 0 Å². The first-order valence-corrected chi connectivity index (χ1v) is 4.36. The molecule has 0 heterocycles. The van der Waals surface area contributed by atoms with E-state index >= 15 is 0 Å². The van der Waals surface area contributed by atoms with Crippen molar-refractivity contribution in [2.75, 3.05) is 0 Å². The second kappa shape index (κ2) is 7.63. The Balaban J connectivity index is 0. The smallest absolute Gasteiger partial charge is 0 e. The molecule has 73 valence electrons. The van der Waals surface area contributed by atoms with Gasteiger partial charge in [-0.15, -0.1) is 0 Å². The van der Waals surface area contributed by atoms with E-state index in [-0.39, 0.29) is 16.8 Å². The van der Waals surface area contributed by atoms with Crippen LogP contribution in [-0.2, 0) is 16.8 Å². The predicted octanol–water partition coefficient (Wildman–Crippen LogP) is 3.94. The Morgan fingerprint density at radius 2 is 1.33 bits per heavy atom. The van der Waals surface area contributed by atoms with Gasteiger partial charge in [0.2, 0.25) is 0 Å². The summed E-state index contributed by atoms with van der Waals surface area (Å²) in [7, 11) is 0. The Kier molecular flexibility index (Phi) is 9.22. The molecule has 1 radical (unpaired) electrons. The van der Waals surface area contributed by atoms with Crippen LogP contribution in [0.2, 0.25) is 0 Å². The maximum atomic E-state index is 3.36. The summed E-state index contributed by atoms with van der Waals surface area (Å²) in [6, 6.07) is 0. The maximum Gasteiger partial charge on any atom is 0 e. The monoisotopic (exact) mass is 211 g/mol. The van der Waals surface area contributed by atoms with E-state index in [2.05, 4.69) is 27.0 Å². The molecule has 1 heteroatoms. The van der Waals surface area contributed by atoms with Gasteiger partial charge in [-0.2, -0.15) is 0 Å². The van der Waals surface area contributed by atoms with Crippen LogP contribution in [0.25, 0.3) is 0 Å². The van der Waals surface area contributed by atoms with Crippen molar-refractivity contribution in [3.8, 4) is 0 Å². The molecule has 0 bridgehead atoms. The molecule has 0 amide bonds. The summed E-state index contributed by atoms with van der Waals surface area (Å²) in [4.78, 5) is 0. The van der Waals surface area contributed by atoms with Crippen molar-refractivity contribution in [1.82, 2.24) is 0 Å². The predicted molar refractivity (Wildman–Crippen MR) is 52.6 cm³/mol. The van der Waals surface area contributed by atoms with Crippen LogP contribution in [0.5, 0.6) is 0 Å². The van der Waals surface area contributed by atoms with Gasteiger partial charge in [0.05, 0.1) is 0 Å². The molecular weight excluding hydrogens is 191 g/mol. The van der Waals surface area contributed by atoms with Gasteiger partial charge >= 0.3 is 0 Å². The molecule has 0 aromatic heterocycles. The van der Waals surface area contributed by atoms with E-state index in [4.69, 9.17) is 0 Å². The standard InChI is InChI=1S/C7H14.C4H6.Co/c1-7(2)5-3-4-6-7;1-3-4-2;/h3-6H2,1-2H3;3-4H,1-2H2;. The Hall–Kier alpha value is -0.0135. The fourth-order valence-electron chi connectivity index (χ4n) is 1.33. The van der Waals surface area contributed by atoms with Crippen LogP contribution in [0.4, 0.5) is 0 Å². The number of hydrogen-bond acceptors (Lipinski definition) is 0. The van der Waals surface area contributed by atoms with Crippen LogP contribution in [0.15, 0.2) is 25.3 Å². The summed E-state index contributed by atoms with van der Waals surface area (Å²) < 4.78 is 0. The number of allylic oxidation sites excluding steroid dienone is 2. The van der Waals surface area contributed by atoms with Gasteiger partial charge < -0.3 is 0 Å². The largest absolute Gasteiger partial charge is 0.0991 e.